The Hall–Kier alpha value is -1.76. The van der Waals surface area contributed by atoms with E-state index in [2.05, 4.69) is 27.7 Å². The van der Waals surface area contributed by atoms with Crippen LogP contribution in [0.25, 0.3) is 11.0 Å². The molecule has 2 aromatic heterocycles. The molecule has 3 rings (SSSR count). The number of aryl methyl sites for hydroxylation is 1. The summed E-state index contributed by atoms with van der Waals surface area (Å²) in [6, 6.07) is 0.560. The van der Waals surface area contributed by atoms with Gasteiger partial charge in [0.2, 0.25) is 0 Å². The molecule has 1 aliphatic rings. The molecule has 2 heterocycles. The van der Waals surface area contributed by atoms with E-state index in [0.717, 1.165) is 6.54 Å². The molecule has 0 aliphatic heterocycles. The van der Waals surface area contributed by atoms with E-state index in [1.807, 2.05) is 0 Å². The standard InChI is InChI=1S/C14H22N6O/c1-10-5-3-4-6-12(10)15-7-8-20-14(21)11-9-16-19(2)13(11)17-18-20/h9-10,12,15H,3-8H2,1-2H3. The van der Waals surface area contributed by atoms with Crippen LogP contribution >= 0.6 is 0 Å². The number of nitrogens with one attached hydrogen (secondary N) is 1. The van der Waals surface area contributed by atoms with Gasteiger partial charge in [0.25, 0.3) is 5.56 Å². The maximum absolute atomic E-state index is 12.3. The summed E-state index contributed by atoms with van der Waals surface area (Å²) in [5.74, 6) is 0.711. The third kappa shape index (κ3) is 2.83. The number of nitrogens with zero attached hydrogens (tertiary/aromatic N) is 5. The quantitative estimate of drug-likeness (QED) is 0.896. The summed E-state index contributed by atoms with van der Waals surface area (Å²) in [5.41, 5.74) is 0.414. The first-order chi connectivity index (χ1) is 10.2. The van der Waals surface area contributed by atoms with Gasteiger partial charge >= 0.3 is 0 Å². The Balaban J connectivity index is 1.65. The number of aromatic nitrogens is 5. The Morgan fingerprint density at radius 1 is 1.38 bits per heavy atom. The number of hydrogen-bond donors (Lipinski definition) is 1. The van der Waals surface area contributed by atoms with E-state index in [0.29, 0.717) is 29.5 Å². The van der Waals surface area contributed by atoms with Gasteiger partial charge in [-0.05, 0) is 18.8 Å². The van der Waals surface area contributed by atoms with Crippen molar-refractivity contribution in [1.82, 2.24) is 30.1 Å². The minimum Gasteiger partial charge on any atom is -0.312 e. The van der Waals surface area contributed by atoms with E-state index in [-0.39, 0.29) is 5.56 Å². The summed E-state index contributed by atoms with van der Waals surface area (Å²) < 4.78 is 2.99. The van der Waals surface area contributed by atoms with E-state index in [9.17, 15) is 4.79 Å². The predicted octanol–water partition coefficient (Wildman–Crippen LogP) is 0.693. The normalized spacial score (nSPS) is 22.8. The zero-order valence-corrected chi connectivity index (χ0v) is 12.6. The number of rotatable bonds is 4. The van der Waals surface area contributed by atoms with Crippen LogP contribution in [0.3, 0.4) is 0 Å². The molecule has 2 atom stereocenters. The fourth-order valence-electron chi connectivity index (χ4n) is 3.10. The number of fused-ring (bicyclic) bond motifs is 1. The van der Waals surface area contributed by atoms with Crippen LogP contribution in [0.4, 0.5) is 0 Å². The lowest BCUT2D eigenvalue weighted by atomic mass is 9.86. The van der Waals surface area contributed by atoms with Gasteiger partial charge in [-0.1, -0.05) is 25.0 Å². The lowest BCUT2D eigenvalue weighted by Crippen LogP contribution is -2.40. The smallest absolute Gasteiger partial charge is 0.280 e. The molecular formula is C14H22N6O. The molecule has 1 aliphatic carbocycles. The molecule has 1 N–H and O–H groups in total. The Morgan fingerprint density at radius 3 is 3.00 bits per heavy atom. The fourth-order valence-corrected chi connectivity index (χ4v) is 3.10. The Labute approximate surface area is 123 Å². The van der Waals surface area contributed by atoms with E-state index in [1.54, 1.807) is 17.9 Å². The first-order valence-corrected chi connectivity index (χ1v) is 7.65. The van der Waals surface area contributed by atoms with Crippen LogP contribution in [0, 0.1) is 5.92 Å². The molecule has 1 saturated carbocycles. The zero-order valence-electron chi connectivity index (χ0n) is 12.6. The number of hydrogen-bond acceptors (Lipinski definition) is 5. The summed E-state index contributed by atoms with van der Waals surface area (Å²) in [6.07, 6.45) is 6.70. The van der Waals surface area contributed by atoms with E-state index >= 15 is 0 Å². The van der Waals surface area contributed by atoms with Crippen molar-refractivity contribution in [3.63, 3.8) is 0 Å². The van der Waals surface area contributed by atoms with Crippen LogP contribution in [-0.4, -0.2) is 37.4 Å². The average molecular weight is 290 g/mol. The second-order valence-corrected chi connectivity index (χ2v) is 5.95. The molecule has 21 heavy (non-hydrogen) atoms. The van der Waals surface area contributed by atoms with Crippen LogP contribution in [0.1, 0.15) is 32.6 Å². The molecule has 7 heteroatoms. The molecule has 0 amide bonds. The van der Waals surface area contributed by atoms with Crippen molar-refractivity contribution in [3.8, 4) is 0 Å². The lowest BCUT2D eigenvalue weighted by molar-refractivity contribution is 0.276. The highest BCUT2D eigenvalue weighted by atomic mass is 16.1. The highest BCUT2D eigenvalue weighted by Gasteiger charge is 2.20. The van der Waals surface area contributed by atoms with Crippen LogP contribution in [0.5, 0.6) is 0 Å². The molecule has 2 unspecified atom stereocenters. The molecule has 114 valence electrons. The van der Waals surface area contributed by atoms with Gasteiger partial charge in [0.15, 0.2) is 5.65 Å². The van der Waals surface area contributed by atoms with Crippen LogP contribution in [0.2, 0.25) is 0 Å². The van der Waals surface area contributed by atoms with E-state index in [1.165, 1.54) is 30.4 Å². The second-order valence-electron chi connectivity index (χ2n) is 5.95. The zero-order chi connectivity index (χ0) is 14.8. The summed E-state index contributed by atoms with van der Waals surface area (Å²) in [4.78, 5) is 12.3. The molecule has 1 fully saturated rings. The maximum Gasteiger partial charge on any atom is 0.280 e. The molecule has 2 aromatic rings. The summed E-state index contributed by atoms with van der Waals surface area (Å²) >= 11 is 0. The van der Waals surface area contributed by atoms with Gasteiger partial charge in [-0.2, -0.15) is 5.10 Å². The minimum absolute atomic E-state index is 0.119. The van der Waals surface area contributed by atoms with Crippen molar-refractivity contribution in [2.75, 3.05) is 6.54 Å². The van der Waals surface area contributed by atoms with Crippen molar-refractivity contribution >= 4 is 11.0 Å². The topological polar surface area (TPSA) is 77.6 Å². The monoisotopic (exact) mass is 290 g/mol. The molecule has 0 bridgehead atoms. The minimum atomic E-state index is -0.119. The van der Waals surface area contributed by atoms with E-state index < -0.39 is 0 Å². The van der Waals surface area contributed by atoms with Crippen LogP contribution in [0.15, 0.2) is 11.0 Å². The van der Waals surface area contributed by atoms with Crippen LogP contribution < -0.4 is 10.9 Å². The maximum atomic E-state index is 12.3. The van der Waals surface area contributed by atoms with Gasteiger partial charge in [-0.15, -0.1) is 5.10 Å². The third-order valence-corrected chi connectivity index (χ3v) is 4.46. The van der Waals surface area contributed by atoms with E-state index in [4.69, 9.17) is 0 Å². The second kappa shape index (κ2) is 5.93. The van der Waals surface area contributed by atoms with Crippen molar-refractivity contribution in [2.45, 2.75) is 45.2 Å². The molecule has 0 spiro atoms. The summed E-state index contributed by atoms with van der Waals surface area (Å²) in [5, 5.41) is 16.2. The first kappa shape index (κ1) is 14.2. The highest BCUT2D eigenvalue weighted by molar-refractivity contribution is 5.72. The predicted molar refractivity (Wildman–Crippen MR) is 80.0 cm³/mol. The van der Waals surface area contributed by atoms with Gasteiger partial charge in [0.05, 0.1) is 12.7 Å². The van der Waals surface area contributed by atoms with Gasteiger partial charge < -0.3 is 5.32 Å². The first-order valence-electron chi connectivity index (χ1n) is 7.65. The third-order valence-electron chi connectivity index (χ3n) is 4.46. The van der Waals surface area contributed by atoms with Crippen molar-refractivity contribution in [1.29, 1.82) is 0 Å². The Bertz CT molecular complexity index is 676. The van der Waals surface area contributed by atoms with Gasteiger partial charge in [-0.25, -0.2) is 9.36 Å². The summed E-state index contributed by atoms with van der Waals surface area (Å²) in [6.45, 7) is 3.58. The fraction of sp³-hybridized carbons (Fsp3) is 0.714. The molecule has 0 saturated heterocycles. The van der Waals surface area contributed by atoms with Crippen molar-refractivity contribution in [3.05, 3.63) is 16.6 Å². The largest absolute Gasteiger partial charge is 0.312 e. The van der Waals surface area contributed by atoms with Gasteiger partial charge in [-0.3, -0.25) is 4.79 Å². The van der Waals surface area contributed by atoms with Crippen molar-refractivity contribution in [2.24, 2.45) is 13.0 Å². The molecule has 0 radical (unpaired) electrons. The SMILES string of the molecule is CC1CCCCC1NCCn1nnc2c(cnn2C)c1=O. The average Bonchev–Trinajstić information content (AvgIpc) is 2.86. The Kier molecular flexibility index (Phi) is 4.01. The van der Waals surface area contributed by atoms with Gasteiger partial charge in [0, 0.05) is 19.6 Å². The van der Waals surface area contributed by atoms with Gasteiger partial charge in [0.1, 0.15) is 5.39 Å². The molecule has 0 aromatic carbocycles. The molecule has 7 nitrogen and oxygen atoms in total. The van der Waals surface area contributed by atoms with Crippen molar-refractivity contribution < 1.29 is 0 Å². The summed E-state index contributed by atoms with van der Waals surface area (Å²) in [7, 11) is 1.76. The Morgan fingerprint density at radius 2 is 2.19 bits per heavy atom. The molecular weight excluding hydrogens is 268 g/mol. The van der Waals surface area contributed by atoms with Crippen LogP contribution in [-0.2, 0) is 13.6 Å². The lowest BCUT2D eigenvalue weighted by Gasteiger charge is -2.29. The highest BCUT2D eigenvalue weighted by Crippen LogP contribution is 2.23.